The Bertz CT molecular complexity index is 919. The van der Waals surface area contributed by atoms with Crippen LogP contribution in [0.5, 0.6) is 0 Å². The SMILES string of the molecule is Cn1ncc(Cl)c1-c1nn2c(Cc3ccccc3)nnc2s1. The van der Waals surface area contributed by atoms with E-state index < -0.39 is 0 Å². The molecule has 0 fully saturated rings. The van der Waals surface area contributed by atoms with Crippen LogP contribution in [0.1, 0.15) is 11.4 Å². The molecule has 0 N–H and O–H groups in total. The second-order valence-electron chi connectivity index (χ2n) is 4.84. The average Bonchev–Trinajstić information content (AvgIpc) is 3.17. The number of hydrogen-bond acceptors (Lipinski definition) is 5. The molecule has 0 atom stereocenters. The van der Waals surface area contributed by atoms with Crippen LogP contribution < -0.4 is 0 Å². The Morgan fingerprint density at radius 1 is 1.18 bits per heavy atom. The van der Waals surface area contributed by atoms with Crippen molar-refractivity contribution in [2.45, 2.75) is 6.42 Å². The van der Waals surface area contributed by atoms with Gasteiger partial charge in [0, 0.05) is 13.5 Å². The molecule has 0 aliphatic carbocycles. The van der Waals surface area contributed by atoms with E-state index in [4.69, 9.17) is 11.6 Å². The van der Waals surface area contributed by atoms with Crippen LogP contribution in [0, 0.1) is 0 Å². The fourth-order valence-corrected chi connectivity index (χ4v) is 3.55. The Hall–Kier alpha value is -2.25. The van der Waals surface area contributed by atoms with Crippen molar-refractivity contribution in [3.05, 3.63) is 52.9 Å². The molecule has 22 heavy (non-hydrogen) atoms. The van der Waals surface area contributed by atoms with Gasteiger partial charge in [-0.2, -0.15) is 14.7 Å². The van der Waals surface area contributed by atoms with Gasteiger partial charge in [-0.05, 0) is 5.56 Å². The maximum absolute atomic E-state index is 6.18. The maximum Gasteiger partial charge on any atom is 0.235 e. The number of nitrogens with zero attached hydrogens (tertiary/aromatic N) is 6. The zero-order valence-electron chi connectivity index (χ0n) is 11.6. The van der Waals surface area contributed by atoms with Gasteiger partial charge in [-0.3, -0.25) is 4.68 Å². The Morgan fingerprint density at radius 2 is 2.00 bits per heavy atom. The zero-order chi connectivity index (χ0) is 15.1. The summed E-state index contributed by atoms with van der Waals surface area (Å²) >= 11 is 7.63. The molecule has 0 radical (unpaired) electrons. The summed E-state index contributed by atoms with van der Waals surface area (Å²) in [7, 11) is 1.84. The lowest BCUT2D eigenvalue weighted by molar-refractivity contribution is 0.770. The van der Waals surface area contributed by atoms with E-state index in [-0.39, 0.29) is 0 Å². The molecule has 0 spiro atoms. The summed E-state index contributed by atoms with van der Waals surface area (Å²) < 4.78 is 3.49. The number of hydrogen-bond donors (Lipinski definition) is 0. The van der Waals surface area contributed by atoms with E-state index in [9.17, 15) is 0 Å². The Labute approximate surface area is 135 Å². The summed E-state index contributed by atoms with van der Waals surface area (Å²) in [5.41, 5.74) is 1.97. The van der Waals surface area contributed by atoms with Crippen molar-refractivity contribution in [3.63, 3.8) is 0 Å². The molecule has 4 aromatic rings. The minimum Gasteiger partial charge on any atom is -0.264 e. The second kappa shape index (κ2) is 5.19. The van der Waals surface area contributed by atoms with Crippen molar-refractivity contribution in [2.75, 3.05) is 0 Å². The second-order valence-corrected chi connectivity index (χ2v) is 6.21. The van der Waals surface area contributed by atoms with Crippen LogP contribution >= 0.6 is 22.9 Å². The summed E-state index contributed by atoms with van der Waals surface area (Å²) in [5, 5.41) is 18.5. The van der Waals surface area contributed by atoms with Crippen LogP contribution in [0.15, 0.2) is 36.5 Å². The van der Waals surface area contributed by atoms with Crippen molar-refractivity contribution < 1.29 is 0 Å². The van der Waals surface area contributed by atoms with Crippen LogP contribution in [-0.2, 0) is 13.5 Å². The standard InChI is InChI=1S/C14H11ClN6S/c1-20-12(10(15)8-16-20)13-19-21-11(17-18-14(21)22-13)7-9-5-3-2-4-6-9/h2-6,8H,7H2,1H3. The highest BCUT2D eigenvalue weighted by atomic mass is 35.5. The van der Waals surface area contributed by atoms with E-state index in [1.54, 1.807) is 15.4 Å². The summed E-state index contributed by atoms with van der Waals surface area (Å²) in [4.78, 5) is 0.748. The first-order valence-electron chi connectivity index (χ1n) is 6.65. The first-order chi connectivity index (χ1) is 10.7. The smallest absolute Gasteiger partial charge is 0.235 e. The number of benzene rings is 1. The number of aryl methyl sites for hydroxylation is 1. The molecule has 0 unspecified atom stereocenters. The normalized spacial score (nSPS) is 11.4. The van der Waals surface area contributed by atoms with Crippen molar-refractivity contribution in [1.82, 2.24) is 29.6 Å². The molecule has 1 aromatic carbocycles. The third-order valence-electron chi connectivity index (χ3n) is 3.36. The topological polar surface area (TPSA) is 60.9 Å². The lowest BCUT2D eigenvalue weighted by Gasteiger charge is -1.98. The molecule has 0 aliphatic rings. The molecule has 3 heterocycles. The highest BCUT2D eigenvalue weighted by Gasteiger charge is 2.17. The molecule has 0 amide bonds. The van der Waals surface area contributed by atoms with Gasteiger partial charge in [0.1, 0.15) is 5.69 Å². The summed E-state index contributed by atoms with van der Waals surface area (Å²) in [6, 6.07) is 10.1. The fourth-order valence-electron chi connectivity index (χ4n) is 2.29. The number of halogens is 1. The van der Waals surface area contributed by atoms with Crippen molar-refractivity contribution in [3.8, 4) is 10.7 Å². The number of fused-ring (bicyclic) bond motifs is 1. The van der Waals surface area contributed by atoms with Gasteiger partial charge in [-0.15, -0.1) is 10.2 Å². The van der Waals surface area contributed by atoms with Crippen molar-refractivity contribution in [1.29, 1.82) is 0 Å². The van der Waals surface area contributed by atoms with Gasteiger partial charge in [-0.25, -0.2) is 0 Å². The molecule has 0 saturated carbocycles. The van der Waals surface area contributed by atoms with Gasteiger partial charge in [-0.1, -0.05) is 53.3 Å². The van der Waals surface area contributed by atoms with Gasteiger partial charge in [0.2, 0.25) is 4.96 Å². The molecular weight excluding hydrogens is 320 g/mol. The number of rotatable bonds is 3. The number of aromatic nitrogens is 6. The van der Waals surface area contributed by atoms with E-state index in [1.165, 1.54) is 16.9 Å². The lowest BCUT2D eigenvalue weighted by atomic mass is 10.1. The molecule has 0 saturated heterocycles. The lowest BCUT2D eigenvalue weighted by Crippen LogP contribution is -1.99. The largest absolute Gasteiger partial charge is 0.264 e. The van der Waals surface area contributed by atoms with Crippen molar-refractivity contribution in [2.24, 2.45) is 7.05 Å². The van der Waals surface area contributed by atoms with Crippen LogP contribution in [0.2, 0.25) is 5.02 Å². The van der Waals surface area contributed by atoms with Crippen LogP contribution in [0.25, 0.3) is 15.7 Å². The Kier molecular flexibility index (Phi) is 3.16. The van der Waals surface area contributed by atoms with Gasteiger partial charge >= 0.3 is 0 Å². The Morgan fingerprint density at radius 3 is 2.73 bits per heavy atom. The Balaban J connectivity index is 1.77. The summed E-state index contributed by atoms with van der Waals surface area (Å²) in [6.07, 6.45) is 2.30. The summed E-state index contributed by atoms with van der Waals surface area (Å²) in [6.45, 7) is 0. The molecular formula is C14H11ClN6S. The molecule has 3 aromatic heterocycles. The zero-order valence-corrected chi connectivity index (χ0v) is 13.2. The summed E-state index contributed by atoms with van der Waals surface area (Å²) in [5.74, 6) is 0.807. The van der Waals surface area contributed by atoms with Gasteiger partial charge in [0.15, 0.2) is 10.8 Å². The minimum absolute atomic E-state index is 0.581. The highest BCUT2D eigenvalue weighted by Crippen LogP contribution is 2.30. The minimum atomic E-state index is 0.581. The van der Waals surface area contributed by atoms with Gasteiger partial charge in [0.25, 0.3) is 0 Å². The van der Waals surface area contributed by atoms with Crippen molar-refractivity contribution >= 4 is 27.9 Å². The molecule has 8 heteroatoms. The molecule has 110 valence electrons. The monoisotopic (exact) mass is 330 g/mol. The van der Waals surface area contributed by atoms with Crippen LogP contribution in [0.3, 0.4) is 0 Å². The van der Waals surface area contributed by atoms with Gasteiger partial charge < -0.3 is 0 Å². The third-order valence-corrected chi connectivity index (χ3v) is 4.54. The molecule has 0 aliphatic heterocycles. The predicted molar refractivity (Wildman–Crippen MR) is 85.1 cm³/mol. The maximum atomic E-state index is 6.18. The molecule has 0 bridgehead atoms. The van der Waals surface area contributed by atoms with E-state index in [2.05, 4.69) is 32.5 Å². The van der Waals surface area contributed by atoms with Crippen LogP contribution in [0.4, 0.5) is 0 Å². The van der Waals surface area contributed by atoms with E-state index in [1.807, 2.05) is 25.2 Å². The fraction of sp³-hybridized carbons (Fsp3) is 0.143. The van der Waals surface area contributed by atoms with E-state index in [0.717, 1.165) is 21.5 Å². The van der Waals surface area contributed by atoms with Crippen LogP contribution in [-0.4, -0.2) is 29.6 Å². The average molecular weight is 331 g/mol. The first kappa shape index (κ1) is 13.4. The van der Waals surface area contributed by atoms with E-state index >= 15 is 0 Å². The highest BCUT2D eigenvalue weighted by molar-refractivity contribution is 7.19. The molecule has 6 nitrogen and oxygen atoms in total. The molecule has 4 rings (SSSR count). The third kappa shape index (κ3) is 2.18. The quantitative estimate of drug-likeness (QED) is 0.579. The predicted octanol–water partition coefficient (Wildman–Crippen LogP) is 2.83. The van der Waals surface area contributed by atoms with E-state index in [0.29, 0.717) is 11.4 Å². The first-order valence-corrected chi connectivity index (χ1v) is 7.85. The van der Waals surface area contributed by atoms with Gasteiger partial charge in [0.05, 0.1) is 11.2 Å².